The van der Waals surface area contributed by atoms with Gasteiger partial charge in [0, 0.05) is 11.1 Å². The van der Waals surface area contributed by atoms with E-state index in [1.807, 2.05) is 0 Å². The van der Waals surface area contributed by atoms with Crippen LogP contribution in [-0.4, -0.2) is 28.3 Å². The first-order valence-electron chi connectivity index (χ1n) is 1.60. The van der Waals surface area contributed by atoms with E-state index in [0.717, 1.165) is 0 Å². The van der Waals surface area contributed by atoms with E-state index >= 15 is 0 Å². The van der Waals surface area contributed by atoms with E-state index in [9.17, 15) is 17.2 Å². The Morgan fingerprint density at radius 3 is 2.00 bits per heavy atom. The predicted molar refractivity (Wildman–Crippen MR) is 28.8 cm³/mol. The minimum absolute atomic E-state index is 0.434. The summed E-state index contributed by atoms with van der Waals surface area (Å²) in [6.45, 7) is 0. The van der Waals surface area contributed by atoms with E-state index in [-0.39, 0.29) is 0 Å². The first kappa shape index (κ1) is 7.80. The maximum Gasteiger partial charge on any atom is 0.210 e. The third kappa shape index (κ3) is 5.80. The molecule has 8 heavy (non-hydrogen) atoms. The molecule has 0 aromatic carbocycles. The molecule has 0 aromatic heterocycles. The largest absolute Gasteiger partial charge is 0.772 e. The maximum atomic E-state index is 9.60. The van der Waals surface area contributed by atoms with Gasteiger partial charge in [0.15, 0.2) is 0 Å². The van der Waals surface area contributed by atoms with Crippen molar-refractivity contribution in [2.75, 3.05) is 5.75 Å². The third-order valence-electron chi connectivity index (χ3n) is 0.340. The molecule has 1 atom stereocenters. The monoisotopic (exact) mass is 155 g/mol. The van der Waals surface area contributed by atoms with Crippen molar-refractivity contribution >= 4 is 26.7 Å². The molecule has 0 heterocycles. The Bertz CT molecular complexity index is 192. The minimum atomic E-state index is -2.35. The van der Waals surface area contributed by atoms with Crippen LogP contribution in [-0.2, 0) is 21.4 Å². The van der Waals surface area contributed by atoms with Crippen LogP contribution in [0.15, 0.2) is 0 Å². The Kier molecular flexibility index (Phi) is 3.67. The molecular weight excluding hydrogens is 152 g/mol. The molecule has 0 aliphatic carbocycles. The van der Waals surface area contributed by atoms with Crippen molar-refractivity contribution in [2.24, 2.45) is 0 Å². The molecule has 0 aliphatic rings. The van der Waals surface area contributed by atoms with Gasteiger partial charge < -0.3 is 4.55 Å². The molecular formula is C2H3O4S2-. The van der Waals surface area contributed by atoms with E-state index in [1.54, 1.807) is 0 Å². The Morgan fingerprint density at radius 2 is 1.88 bits per heavy atom. The lowest BCUT2D eigenvalue weighted by molar-refractivity contribution is 0.541. The van der Waals surface area contributed by atoms with Gasteiger partial charge in [-0.15, -0.1) is 0 Å². The summed E-state index contributed by atoms with van der Waals surface area (Å²) < 4.78 is 38.3. The van der Waals surface area contributed by atoms with Crippen molar-refractivity contribution in [3.63, 3.8) is 0 Å². The SMILES string of the molecule is O=S([O-])CC=S(=O)=O. The molecule has 4 nitrogen and oxygen atoms in total. The Morgan fingerprint density at radius 1 is 1.38 bits per heavy atom. The van der Waals surface area contributed by atoms with Crippen molar-refractivity contribution in [1.29, 1.82) is 0 Å². The highest BCUT2D eigenvalue weighted by Gasteiger charge is 1.75. The van der Waals surface area contributed by atoms with Gasteiger partial charge in [0.1, 0.15) is 0 Å². The van der Waals surface area contributed by atoms with Crippen molar-refractivity contribution in [3.8, 4) is 0 Å². The van der Waals surface area contributed by atoms with Crippen LogP contribution in [0.25, 0.3) is 0 Å². The highest BCUT2D eigenvalue weighted by atomic mass is 32.2. The second-order valence-electron chi connectivity index (χ2n) is 0.898. The molecule has 0 radical (unpaired) electrons. The summed E-state index contributed by atoms with van der Waals surface area (Å²) in [6.07, 6.45) is 0. The van der Waals surface area contributed by atoms with Crippen molar-refractivity contribution in [2.45, 2.75) is 0 Å². The maximum absolute atomic E-state index is 9.60. The second kappa shape index (κ2) is 3.76. The molecule has 0 saturated heterocycles. The summed E-state index contributed by atoms with van der Waals surface area (Å²) in [7, 11) is -2.35. The molecule has 0 rings (SSSR count). The fraction of sp³-hybridized carbons (Fsp3) is 0.500. The van der Waals surface area contributed by atoms with Crippen LogP contribution in [0.5, 0.6) is 0 Å². The lowest BCUT2D eigenvalue weighted by Gasteiger charge is -1.93. The molecule has 6 heteroatoms. The van der Waals surface area contributed by atoms with Gasteiger partial charge in [0.25, 0.3) is 0 Å². The van der Waals surface area contributed by atoms with Crippen LogP contribution in [0.3, 0.4) is 0 Å². The van der Waals surface area contributed by atoms with Crippen LogP contribution in [0.1, 0.15) is 0 Å². The van der Waals surface area contributed by atoms with Crippen molar-refractivity contribution in [1.82, 2.24) is 0 Å². The topological polar surface area (TPSA) is 74.3 Å². The summed E-state index contributed by atoms with van der Waals surface area (Å²) in [4.78, 5) is 0. The number of hydrogen-bond donors (Lipinski definition) is 0. The molecule has 0 saturated carbocycles. The summed E-state index contributed by atoms with van der Waals surface area (Å²) in [5, 5.41) is 0.670. The van der Waals surface area contributed by atoms with Gasteiger partial charge in [-0.05, 0) is 0 Å². The number of rotatable bonds is 2. The summed E-state index contributed by atoms with van der Waals surface area (Å²) in [5.74, 6) is -0.434. The molecule has 1 unspecified atom stereocenters. The molecule has 0 aromatic rings. The molecule has 0 spiro atoms. The Balaban J connectivity index is 3.81. The lowest BCUT2D eigenvalue weighted by atomic mass is 11.0. The Hall–Kier alpha value is -0.200. The van der Waals surface area contributed by atoms with Gasteiger partial charge in [0.2, 0.25) is 10.3 Å². The van der Waals surface area contributed by atoms with Crippen LogP contribution < -0.4 is 0 Å². The third-order valence-corrected chi connectivity index (χ3v) is 1.43. The van der Waals surface area contributed by atoms with Crippen LogP contribution in [0, 0.1) is 0 Å². The van der Waals surface area contributed by atoms with Gasteiger partial charge >= 0.3 is 0 Å². The van der Waals surface area contributed by atoms with E-state index in [4.69, 9.17) is 0 Å². The zero-order chi connectivity index (χ0) is 6.57. The van der Waals surface area contributed by atoms with Crippen LogP contribution >= 0.6 is 0 Å². The van der Waals surface area contributed by atoms with Gasteiger partial charge in [-0.3, -0.25) is 4.21 Å². The quantitative estimate of drug-likeness (QED) is 0.361. The molecule has 0 amide bonds. The molecule has 0 bridgehead atoms. The highest BCUT2D eigenvalue weighted by molar-refractivity contribution is 7.82. The average Bonchev–Trinajstić information content (AvgIpc) is 1.61. The fourth-order valence-corrected chi connectivity index (χ4v) is 1.00. The fourth-order valence-electron chi connectivity index (χ4n) is 0.111. The smallest absolute Gasteiger partial charge is 0.210 e. The average molecular weight is 155 g/mol. The minimum Gasteiger partial charge on any atom is -0.772 e. The summed E-state index contributed by atoms with van der Waals surface area (Å²) in [6, 6.07) is 0. The second-order valence-corrected chi connectivity index (χ2v) is 2.69. The number of hydrogen-bond acceptors (Lipinski definition) is 4. The molecule has 48 valence electrons. The van der Waals surface area contributed by atoms with Gasteiger partial charge in [-0.1, -0.05) is 11.1 Å². The molecule has 0 fully saturated rings. The van der Waals surface area contributed by atoms with Crippen LogP contribution in [0.4, 0.5) is 0 Å². The van der Waals surface area contributed by atoms with Crippen molar-refractivity contribution in [3.05, 3.63) is 0 Å². The molecule has 0 N–H and O–H groups in total. The van der Waals surface area contributed by atoms with E-state index < -0.39 is 27.1 Å². The highest BCUT2D eigenvalue weighted by Crippen LogP contribution is 1.63. The van der Waals surface area contributed by atoms with Gasteiger partial charge in [0.05, 0.1) is 0 Å². The first-order chi connectivity index (χ1) is 3.63. The summed E-state index contributed by atoms with van der Waals surface area (Å²) >= 11 is -2.28. The zero-order valence-electron chi connectivity index (χ0n) is 3.73. The van der Waals surface area contributed by atoms with Gasteiger partial charge in [-0.2, -0.15) is 8.42 Å². The van der Waals surface area contributed by atoms with E-state index in [2.05, 4.69) is 0 Å². The summed E-state index contributed by atoms with van der Waals surface area (Å²) in [5.41, 5.74) is 0. The normalized spacial score (nSPS) is 12.6. The van der Waals surface area contributed by atoms with E-state index in [0.29, 0.717) is 5.37 Å². The lowest BCUT2D eigenvalue weighted by Crippen LogP contribution is -1.95. The first-order valence-corrected chi connectivity index (χ1v) is 3.98. The van der Waals surface area contributed by atoms with E-state index in [1.165, 1.54) is 0 Å². The van der Waals surface area contributed by atoms with Gasteiger partial charge in [-0.25, -0.2) is 0 Å². The molecule has 0 aliphatic heterocycles. The zero-order valence-corrected chi connectivity index (χ0v) is 5.37. The van der Waals surface area contributed by atoms with Crippen LogP contribution in [0.2, 0.25) is 0 Å². The standard InChI is InChI=1S/C2H4O4S2/c3-7(4)1-2-8(5)6/h1H,2H2,(H,5,6)/p-1. The predicted octanol–water partition coefficient (Wildman–Crippen LogP) is -1.45. The Labute approximate surface area is 50.3 Å². The van der Waals surface area contributed by atoms with Crippen molar-refractivity contribution < 1.29 is 17.2 Å².